The summed E-state index contributed by atoms with van der Waals surface area (Å²) < 4.78 is 17.0. The smallest absolute Gasteiger partial charge is 0.691 e. The Labute approximate surface area is 555 Å². The Kier molecular flexibility index (Phi) is 24.4. The number of nitrogens with one attached hydrogen (secondary N) is 5. The number of aromatic nitrogens is 3. The van der Waals surface area contributed by atoms with E-state index in [-0.39, 0.29) is 64.9 Å². The number of carbonyl (C=O) groups is 8. The number of β-amino-alcohol motifs (C(OH)–C–C–N with tert-alkyl or cyclic N) is 1. The summed E-state index contributed by atoms with van der Waals surface area (Å²) in [4.78, 5) is 120. The third-order valence-corrected chi connectivity index (χ3v) is 17.6. The van der Waals surface area contributed by atoms with Gasteiger partial charge in [0.1, 0.15) is 47.0 Å². The minimum Gasteiger partial charge on any atom is -0.691 e. The van der Waals surface area contributed by atoms with Gasteiger partial charge < -0.3 is 92.0 Å². The van der Waals surface area contributed by atoms with E-state index in [2.05, 4.69) is 36.0 Å². The number of hydrogen-bond acceptors (Lipinski definition) is 24. The normalized spacial score (nSPS) is 25.8. The number of fused-ring (bicyclic) bond motifs is 3. The van der Waals surface area contributed by atoms with Crippen molar-refractivity contribution in [3.63, 3.8) is 0 Å². The SMILES string of the molecule is CC(O)C1NC(=O)C(NC(=O)c2ccc(-c3cn4nc(-c5ccc(OC6CCCCC6)cc5)sc4n3)cc2)CC(O)CNC(=O)C2C(O)C(C)CN2C(=O)C(C(O)CC(N)=O)NC(=O)C(C(O)Cc2ccc(O)c(OSOO[O-])c2)NC(=O)C2CC(O)CN2C1=O.[Na+]. The molecule has 9 rings (SSSR count). The fourth-order valence-corrected chi connectivity index (χ4v) is 12.6. The van der Waals surface area contributed by atoms with Crippen LogP contribution in [-0.2, 0) is 49.4 Å². The van der Waals surface area contributed by atoms with Crippen LogP contribution < -0.4 is 76.1 Å². The number of carbonyl (C=O) groups excluding carboxylic acids is 8. The standard InChI is InChI=1S/C58H71N11O20S2.Na/c1-27-24-68-48(49(27)77)54(82)60-23-33(71)20-37(61-50(78)31-11-9-30(10-12-31)38-26-69-58(62-38)90-55(66-69)32-13-15-36(16-14-32)86-35-6-4-3-5-7-35)51(79)63-45(28(2)70)56(83)67-25-34(72)21-39(67)52(80)64-46(53(81)65-47(57(68)84)42(75)22-44(59)76)41(74)18-29-8-17-40(73)43(19-29)87-91-89-88-85;/h8-17,19,26-28,33-35,37,39,41-42,45-49,70-75,77,85H,3-7,18,20-25H2,1-2H3,(H2,59,76)(H,60,82)(H,61,78)(H,63,79)(H,64,80)(H,65,81);/q;+1/p-1. The van der Waals surface area contributed by atoms with Crippen molar-refractivity contribution in [2.24, 2.45) is 11.7 Å². The van der Waals surface area contributed by atoms with Crippen molar-refractivity contribution in [2.45, 2.75) is 151 Å². The summed E-state index contributed by atoms with van der Waals surface area (Å²) in [5.74, 6) is -10.4. The Bertz CT molecular complexity index is 3420. The van der Waals surface area contributed by atoms with Crippen molar-refractivity contribution in [3.05, 3.63) is 84.1 Å². The van der Waals surface area contributed by atoms with Crippen LogP contribution in [0.25, 0.3) is 26.8 Å². The molecule has 4 aliphatic rings. The van der Waals surface area contributed by atoms with Crippen molar-refractivity contribution in [2.75, 3.05) is 19.6 Å². The van der Waals surface area contributed by atoms with E-state index in [4.69, 9.17) is 24.7 Å². The van der Waals surface area contributed by atoms with E-state index in [1.54, 1.807) is 22.8 Å². The van der Waals surface area contributed by atoms with Gasteiger partial charge in [-0.3, -0.25) is 43.4 Å². The summed E-state index contributed by atoms with van der Waals surface area (Å²) in [6.07, 6.45) is -6.14. The summed E-state index contributed by atoms with van der Waals surface area (Å²) in [5.41, 5.74) is 7.47. The fraction of sp³-hybridized carbons (Fsp3) is 0.483. The van der Waals surface area contributed by atoms with Crippen LogP contribution in [0.1, 0.15) is 81.1 Å². The molecule has 5 heterocycles. The van der Waals surface area contributed by atoms with Crippen molar-refractivity contribution in [3.8, 4) is 39.1 Å². The molecule has 14 N–H and O–H groups in total. The number of nitrogens with two attached hydrogens (primary N) is 1. The van der Waals surface area contributed by atoms with Gasteiger partial charge >= 0.3 is 29.6 Å². The van der Waals surface area contributed by atoms with E-state index < -0.39 is 177 Å². The number of rotatable bonds is 17. The third-order valence-electron chi connectivity index (χ3n) is 16.2. The number of hydrogen-bond donors (Lipinski definition) is 13. The van der Waals surface area contributed by atoms with Crippen LogP contribution in [-0.4, -0.2) is 206 Å². The van der Waals surface area contributed by atoms with Crippen molar-refractivity contribution in [1.82, 2.24) is 51.0 Å². The van der Waals surface area contributed by atoms with Gasteiger partial charge in [0.05, 0.1) is 61.0 Å². The molecule has 1 saturated carbocycles. The van der Waals surface area contributed by atoms with Crippen LogP contribution >= 0.6 is 23.7 Å². The number of benzene rings is 3. The number of aliphatic hydroxyl groups excluding tert-OH is 6. The molecule has 4 fully saturated rings. The first-order valence-electron chi connectivity index (χ1n) is 29.3. The molecule has 0 bridgehead atoms. The molecule has 0 spiro atoms. The first kappa shape index (κ1) is 70.8. The second-order valence-electron chi connectivity index (χ2n) is 23.0. The van der Waals surface area contributed by atoms with Crippen LogP contribution in [0.4, 0.5) is 0 Å². The molecule has 490 valence electrons. The van der Waals surface area contributed by atoms with Gasteiger partial charge in [0.25, 0.3) is 18.2 Å². The number of aliphatic hydroxyl groups is 6. The zero-order valence-electron chi connectivity index (χ0n) is 50.1. The Balaban J connectivity index is 0.0000109. The molecular formula is C58H70N11NaO20S2. The molecular weight excluding hydrogens is 1260 g/mol. The van der Waals surface area contributed by atoms with Gasteiger partial charge in [0, 0.05) is 61.5 Å². The topological polar surface area (TPSA) is 461 Å². The fourth-order valence-electron chi connectivity index (χ4n) is 11.5. The average molecular weight is 1330 g/mol. The van der Waals surface area contributed by atoms with Gasteiger partial charge in [-0.05, 0) is 86.7 Å². The molecule has 8 amide bonds. The zero-order chi connectivity index (χ0) is 65.4. The predicted octanol–water partition coefficient (Wildman–Crippen LogP) is -5.46. The molecule has 0 radical (unpaired) electrons. The average Bonchev–Trinajstić information content (AvgIpc) is 1.65. The maximum atomic E-state index is 14.7. The van der Waals surface area contributed by atoms with Gasteiger partial charge in [-0.2, -0.15) is 5.10 Å². The summed E-state index contributed by atoms with van der Waals surface area (Å²) in [7, 11) is 0. The minimum absolute atomic E-state index is 0. The molecule has 34 heteroatoms. The zero-order valence-corrected chi connectivity index (χ0v) is 53.7. The largest absolute Gasteiger partial charge is 1.00 e. The van der Waals surface area contributed by atoms with Crippen molar-refractivity contribution >= 4 is 75.9 Å². The molecule has 5 aromatic rings. The molecule has 3 saturated heterocycles. The summed E-state index contributed by atoms with van der Waals surface area (Å²) in [5, 5.41) is 110. The molecule has 13 unspecified atom stereocenters. The number of phenols is 1. The van der Waals surface area contributed by atoms with Crippen LogP contribution in [0.3, 0.4) is 0 Å². The second kappa shape index (κ2) is 31.7. The van der Waals surface area contributed by atoms with Gasteiger partial charge in [-0.15, -0.1) is 4.33 Å². The molecule has 13 atom stereocenters. The monoisotopic (exact) mass is 1330 g/mol. The van der Waals surface area contributed by atoms with Crippen LogP contribution in [0.2, 0.25) is 0 Å². The molecule has 92 heavy (non-hydrogen) atoms. The Morgan fingerprint density at radius 3 is 2.16 bits per heavy atom. The third kappa shape index (κ3) is 17.2. The maximum absolute atomic E-state index is 14.7. The van der Waals surface area contributed by atoms with Crippen LogP contribution in [0, 0.1) is 5.92 Å². The number of imidazole rings is 1. The van der Waals surface area contributed by atoms with E-state index in [1.807, 2.05) is 24.3 Å². The summed E-state index contributed by atoms with van der Waals surface area (Å²) >= 11 is 1.36. The molecule has 2 aromatic heterocycles. The maximum Gasteiger partial charge on any atom is 1.00 e. The van der Waals surface area contributed by atoms with Gasteiger partial charge in [0.15, 0.2) is 11.5 Å². The molecule has 31 nitrogen and oxygen atoms in total. The first-order valence-corrected chi connectivity index (χ1v) is 30.8. The molecule has 1 aliphatic carbocycles. The van der Waals surface area contributed by atoms with E-state index in [1.165, 1.54) is 42.9 Å². The van der Waals surface area contributed by atoms with Crippen molar-refractivity contribution in [1.29, 1.82) is 0 Å². The number of aromatic hydroxyl groups is 1. The Hall–Kier alpha value is -7.09. The van der Waals surface area contributed by atoms with Gasteiger partial charge in [-0.1, -0.05) is 42.9 Å². The summed E-state index contributed by atoms with van der Waals surface area (Å²) in [6, 6.07) is 5.58. The predicted molar refractivity (Wildman–Crippen MR) is 316 cm³/mol. The van der Waals surface area contributed by atoms with E-state index in [0.29, 0.717) is 16.2 Å². The Morgan fingerprint density at radius 2 is 1.49 bits per heavy atom. The Morgan fingerprint density at radius 1 is 0.815 bits per heavy atom. The molecule has 3 aliphatic heterocycles. The van der Waals surface area contributed by atoms with Crippen molar-refractivity contribution < 1.29 is 127 Å². The number of amides is 8. The minimum atomic E-state index is -2.22. The number of primary amides is 1. The first-order chi connectivity index (χ1) is 43.5. The van der Waals surface area contributed by atoms with Crippen LogP contribution in [0.5, 0.6) is 17.2 Å². The number of ether oxygens (including phenoxy) is 1. The van der Waals surface area contributed by atoms with E-state index >= 15 is 0 Å². The number of phenolic OH excluding ortho intramolecular Hbond substituents is 1. The second-order valence-corrected chi connectivity index (χ2v) is 24.4. The van der Waals surface area contributed by atoms with Crippen LogP contribution in [0.15, 0.2) is 72.9 Å². The van der Waals surface area contributed by atoms with E-state index in [0.717, 1.165) is 70.9 Å². The van der Waals surface area contributed by atoms with Gasteiger partial charge in [-0.25, -0.2) is 9.50 Å². The molecule has 3 aromatic carbocycles. The van der Waals surface area contributed by atoms with Gasteiger partial charge in [0.2, 0.25) is 46.3 Å². The van der Waals surface area contributed by atoms with E-state index in [9.17, 15) is 79.4 Å². The number of nitrogens with zero attached hydrogens (tertiary/aromatic N) is 5. The quantitative estimate of drug-likeness (QED) is 0.0136. The summed E-state index contributed by atoms with van der Waals surface area (Å²) in [6.45, 7) is 0.850.